The highest BCUT2D eigenvalue weighted by Gasteiger charge is 2.48. The van der Waals surface area contributed by atoms with Gasteiger partial charge in [-0.3, -0.25) is 4.79 Å². The largest absolute Gasteiger partial charge is 0.465 e. The van der Waals surface area contributed by atoms with Crippen LogP contribution < -0.4 is 0 Å². The number of benzene rings is 1. The van der Waals surface area contributed by atoms with Gasteiger partial charge < -0.3 is 14.4 Å². The topological polar surface area (TPSA) is 79.6 Å². The Kier molecular flexibility index (Phi) is 6.95. The maximum absolute atomic E-state index is 12.5. The molecule has 1 unspecified atom stereocenters. The van der Waals surface area contributed by atoms with Crippen LogP contribution in [-0.4, -0.2) is 42.3 Å². The lowest BCUT2D eigenvalue weighted by atomic mass is 9.64. The number of amides is 1. The van der Waals surface area contributed by atoms with Gasteiger partial charge in [0.25, 0.3) is 0 Å². The van der Waals surface area contributed by atoms with Crippen LogP contribution in [0.1, 0.15) is 46.1 Å². The van der Waals surface area contributed by atoms with Gasteiger partial charge in [0.15, 0.2) is 5.92 Å². The number of ether oxygens (including phenoxy) is 2. The van der Waals surface area contributed by atoms with E-state index in [1.807, 2.05) is 32.9 Å². The highest BCUT2D eigenvalue weighted by Crippen LogP contribution is 2.43. The summed E-state index contributed by atoms with van der Waals surface area (Å²) in [5, 5.41) is 10.4. The van der Waals surface area contributed by atoms with Gasteiger partial charge >= 0.3 is 12.1 Å². The van der Waals surface area contributed by atoms with Crippen molar-refractivity contribution in [2.45, 2.75) is 51.6 Å². The molecule has 7 heteroatoms. The average Bonchev–Trinajstić information content (AvgIpc) is 2.62. The van der Waals surface area contributed by atoms with Crippen LogP contribution in [0.25, 0.3) is 0 Å². The Morgan fingerprint density at radius 3 is 2.29 bits per heavy atom. The van der Waals surface area contributed by atoms with E-state index < -0.39 is 22.9 Å². The first-order valence-electron chi connectivity index (χ1n) is 9.43. The van der Waals surface area contributed by atoms with E-state index in [2.05, 4.69) is 6.07 Å². The van der Waals surface area contributed by atoms with Crippen LogP contribution in [0.2, 0.25) is 5.02 Å². The molecule has 6 nitrogen and oxygen atoms in total. The number of nitrogens with zero attached hydrogens (tertiary/aromatic N) is 2. The molecule has 1 amide bonds. The monoisotopic (exact) mass is 406 g/mol. The van der Waals surface area contributed by atoms with Crippen LogP contribution in [0.5, 0.6) is 0 Å². The van der Waals surface area contributed by atoms with E-state index in [1.165, 1.54) is 0 Å². The van der Waals surface area contributed by atoms with Crippen molar-refractivity contribution in [3.05, 3.63) is 34.9 Å². The zero-order valence-corrected chi connectivity index (χ0v) is 17.6. The number of esters is 1. The second-order valence-corrected chi connectivity index (χ2v) is 8.38. The van der Waals surface area contributed by atoms with E-state index in [4.69, 9.17) is 21.1 Å². The molecule has 1 aromatic carbocycles. The van der Waals surface area contributed by atoms with Crippen molar-refractivity contribution in [3.8, 4) is 6.07 Å². The highest BCUT2D eigenvalue weighted by molar-refractivity contribution is 6.30. The Morgan fingerprint density at radius 2 is 1.82 bits per heavy atom. The molecular weight excluding hydrogens is 380 g/mol. The molecule has 1 atom stereocenters. The number of halogens is 1. The minimum atomic E-state index is -0.964. The summed E-state index contributed by atoms with van der Waals surface area (Å²) < 4.78 is 10.6. The van der Waals surface area contributed by atoms with Crippen LogP contribution in [0.4, 0.5) is 4.79 Å². The van der Waals surface area contributed by atoms with Crippen molar-refractivity contribution in [2.24, 2.45) is 5.92 Å². The van der Waals surface area contributed by atoms with Crippen molar-refractivity contribution in [2.75, 3.05) is 19.7 Å². The summed E-state index contributed by atoms with van der Waals surface area (Å²) in [6.07, 6.45) is 0.511. The van der Waals surface area contributed by atoms with Crippen molar-refractivity contribution in [1.29, 1.82) is 5.26 Å². The van der Waals surface area contributed by atoms with Gasteiger partial charge in [-0.2, -0.15) is 5.26 Å². The minimum Gasteiger partial charge on any atom is -0.465 e. The molecule has 0 aliphatic carbocycles. The molecule has 0 spiro atoms. The van der Waals surface area contributed by atoms with Gasteiger partial charge in [0.2, 0.25) is 0 Å². The molecule has 0 N–H and O–H groups in total. The lowest BCUT2D eigenvalue weighted by molar-refractivity contribution is -0.149. The van der Waals surface area contributed by atoms with Gasteiger partial charge in [-0.05, 0) is 58.2 Å². The fourth-order valence-corrected chi connectivity index (χ4v) is 3.69. The molecule has 0 bridgehead atoms. The van der Waals surface area contributed by atoms with Crippen molar-refractivity contribution < 1.29 is 19.1 Å². The van der Waals surface area contributed by atoms with Crippen molar-refractivity contribution in [3.63, 3.8) is 0 Å². The second-order valence-electron chi connectivity index (χ2n) is 7.94. The molecule has 1 fully saturated rings. The third kappa shape index (κ3) is 4.96. The first kappa shape index (κ1) is 22.0. The van der Waals surface area contributed by atoms with Gasteiger partial charge in [-0.15, -0.1) is 0 Å². The molecule has 1 aromatic rings. The summed E-state index contributed by atoms with van der Waals surface area (Å²) in [6, 6.07) is 9.33. The summed E-state index contributed by atoms with van der Waals surface area (Å²) in [7, 11) is 0. The van der Waals surface area contributed by atoms with E-state index in [9.17, 15) is 14.9 Å². The quantitative estimate of drug-likeness (QED) is 0.696. The molecule has 1 heterocycles. The van der Waals surface area contributed by atoms with E-state index in [-0.39, 0.29) is 12.7 Å². The number of likely N-dealkylation sites (tertiary alicyclic amines) is 1. The van der Waals surface area contributed by atoms with Gasteiger partial charge in [0, 0.05) is 23.5 Å². The number of carbonyl (C=O) groups is 2. The zero-order valence-electron chi connectivity index (χ0n) is 16.8. The predicted octanol–water partition coefficient (Wildman–Crippen LogP) is 4.31. The van der Waals surface area contributed by atoms with Crippen LogP contribution >= 0.6 is 11.6 Å². The molecule has 0 radical (unpaired) electrons. The van der Waals surface area contributed by atoms with E-state index in [0.29, 0.717) is 31.0 Å². The van der Waals surface area contributed by atoms with E-state index in [0.717, 1.165) is 5.56 Å². The molecule has 152 valence electrons. The molecule has 1 aliphatic heterocycles. The zero-order chi connectivity index (χ0) is 20.9. The maximum Gasteiger partial charge on any atom is 0.410 e. The third-order valence-electron chi connectivity index (χ3n) is 4.93. The first-order chi connectivity index (χ1) is 13.1. The van der Waals surface area contributed by atoms with Crippen LogP contribution in [-0.2, 0) is 19.7 Å². The Hall–Kier alpha value is -2.26. The van der Waals surface area contributed by atoms with Gasteiger partial charge in [-0.1, -0.05) is 23.7 Å². The smallest absolute Gasteiger partial charge is 0.410 e. The Morgan fingerprint density at radius 1 is 1.25 bits per heavy atom. The third-order valence-corrected chi connectivity index (χ3v) is 5.18. The standard InChI is InChI=1S/C21H27ClN2O4/c1-5-27-18(25)17(14-23)21(15-6-8-16(22)9-7-15)10-12-24(13-11-21)19(26)28-20(2,3)4/h6-9,17H,5,10-13H2,1-4H3. The predicted molar refractivity (Wildman–Crippen MR) is 106 cm³/mol. The first-order valence-corrected chi connectivity index (χ1v) is 9.81. The molecule has 2 rings (SSSR count). The molecule has 1 saturated heterocycles. The molecule has 1 aliphatic rings. The average molecular weight is 407 g/mol. The van der Waals surface area contributed by atoms with Crippen LogP contribution in [0.3, 0.4) is 0 Å². The van der Waals surface area contributed by atoms with Crippen LogP contribution in [0, 0.1) is 17.2 Å². The number of hydrogen-bond acceptors (Lipinski definition) is 5. The number of piperidine rings is 1. The summed E-state index contributed by atoms with van der Waals surface area (Å²) >= 11 is 6.02. The van der Waals surface area contributed by atoms with Crippen molar-refractivity contribution >= 4 is 23.7 Å². The normalized spacial score (nSPS) is 17.4. The maximum atomic E-state index is 12.5. The Bertz CT molecular complexity index is 741. The molecule has 0 aromatic heterocycles. The molecular formula is C21H27ClN2O4. The summed E-state index contributed by atoms with van der Waals surface area (Å²) in [5.74, 6) is -1.50. The van der Waals surface area contributed by atoms with E-state index in [1.54, 1.807) is 24.0 Å². The number of hydrogen-bond donors (Lipinski definition) is 0. The number of carbonyl (C=O) groups excluding carboxylic acids is 2. The summed E-state index contributed by atoms with van der Waals surface area (Å²) in [6.45, 7) is 8.15. The minimum absolute atomic E-state index is 0.206. The SMILES string of the molecule is CCOC(=O)C(C#N)C1(c2ccc(Cl)cc2)CCN(C(=O)OC(C)(C)C)CC1. The fourth-order valence-electron chi connectivity index (χ4n) is 3.57. The number of rotatable bonds is 4. The fraction of sp³-hybridized carbons (Fsp3) is 0.571. The lowest BCUT2D eigenvalue weighted by Crippen LogP contribution is -2.51. The van der Waals surface area contributed by atoms with Gasteiger partial charge in [0.1, 0.15) is 5.60 Å². The van der Waals surface area contributed by atoms with Gasteiger partial charge in [-0.25, -0.2) is 4.79 Å². The number of nitriles is 1. The van der Waals surface area contributed by atoms with Gasteiger partial charge in [0.05, 0.1) is 12.7 Å². The summed E-state index contributed by atoms with van der Waals surface area (Å²) in [4.78, 5) is 26.6. The summed E-state index contributed by atoms with van der Waals surface area (Å²) in [5.41, 5.74) is -0.480. The van der Waals surface area contributed by atoms with Crippen LogP contribution in [0.15, 0.2) is 24.3 Å². The second kappa shape index (κ2) is 8.83. The Labute approximate surface area is 171 Å². The highest BCUT2D eigenvalue weighted by atomic mass is 35.5. The van der Waals surface area contributed by atoms with E-state index >= 15 is 0 Å². The lowest BCUT2D eigenvalue weighted by Gasteiger charge is -2.44. The molecule has 28 heavy (non-hydrogen) atoms. The Balaban J connectivity index is 2.32. The van der Waals surface area contributed by atoms with Crippen molar-refractivity contribution in [1.82, 2.24) is 4.90 Å². The molecule has 0 saturated carbocycles.